The molecule has 0 spiro atoms. The third-order valence-electron chi connectivity index (χ3n) is 5.48. The fraction of sp³-hybridized carbons (Fsp3) is 0.304. The number of aromatic nitrogens is 2. The van der Waals surface area contributed by atoms with Crippen LogP contribution >= 0.6 is 11.5 Å². The predicted molar refractivity (Wildman–Crippen MR) is 117 cm³/mol. The zero-order chi connectivity index (χ0) is 21.6. The molecule has 1 aliphatic carbocycles. The van der Waals surface area contributed by atoms with Gasteiger partial charge in [-0.2, -0.15) is 0 Å². The van der Waals surface area contributed by atoms with Gasteiger partial charge < -0.3 is 5.32 Å². The molecule has 1 fully saturated rings. The van der Waals surface area contributed by atoms with Gasteiger partial charge in [0.25, 0.3) is 5.91 Å². The van der Waals surface area contributed by atoms with Gasteiger partial charge in [0.1, 0.15) is 11.9 Å². The van der Waals surface area contributed by atoms with Crippen molar-refractivity contribution in [1.29, 1.82) is 0 Å². The molecule has 1 heterocycles. The Labute approximate surface area is 184 Å². The van der Waals surface area contributed by atoms with Crippen LogP contribution in [0, 0.1) is 5.82 Å². The zero-order valence-electron chi connectivity index (χ0n) is 16.9. The number of halogens is 1. The Bertz CT molecular complexity index is 1010. The number of rotatable bonds is 6. The minimum atomic E-state index is -0.973. The van der Waals surface area contributed by atoms with Crippen molar-refractivity contribution in [2.75, 3.05) is 4.90 Å². The van der Waals surface area contributed by atoms with Gasteiger partial charge in [0, 0.05) is 17.1 Å². The summed E-state index contributed by atoms with van der Waals surface area (Å²) in [7, 11) is 0. The van der Waals surface area contributed by atoms with Crippen molar-refractivity contribution in [2.45, 2.75) is 44.2 Å². The number of anilines is 1. The number of para-hydroxylation sites is 1. The van der Waals surface area contributed by atoms with Gasteiger partial charge in [-0.1, -0.05) is 54.1 Å². The van der Waals surface area contributed by atoms with Gasteiger partial charge in [-0.15, -0.1) is 5.10 Å². The van der Waals surface area contributed by atoms with E-state index < -0.39 is 17.8 Å². The summed E-state index contributed by atoms with van der Waals surface area (Å²) in [5, 5.41) is 8.59. The molecule has 4 rings (SSSR count). The van der Waals surface area contributed by atoms with Crippen LogP contribution in [0.3, 0.4) is 0 Å². The van der Waals surface area contributed by atoms with Crippen LogP contribution in [0.4, 0.5) is 10.1 Å². The van der Waals surface area contributed by atoms with Gasteiger partial charge in [0.15, 0.2) is 5.69 Å². The van der Waals surface area contributed by atoms with Crippen LogP contribution in [0.1, 0.15) is 54.2 Å². The van der Waals surface area contributed by atoms with E-state index in [0.717, 1.165) is 37.2 Å². The molecular weight excluding hydrogens is 415 g/mol. The third kappa shape index (κ3) is 4.96. The second-order valence-electron chi connectivity index (χ2n) is 7.60. The molecule has 0 unspecified atom stereocenters. The number of nitrogens with one attached hydrogen (secondary N) is 1. The number of carbonyl (C=O) groups excluding carboxylic acids is 2. The Morgan fingerprint density at radius 2 is 1.74 bits per heavy atom. The van der Waals surface area contributed by atoms with Crippen molar-refractivity contribution in [3.05, 3.63) is 77.1 Å². The average Bonchev–Trinajstić information content (AvgIpc) is 3.34. The molecule has 3 aromatic rings. The predicted octanol–water partition coefficient (Wildman–Crippen LogP) is 4.51. The van der Waals surface area contributed by atoms with E-state index in [1.165, 1.54) is 23.5 Å². The van der Waals surface area contributed by atoms with Crippen LogP contribution < -0.4 is 10.2 Å². The second-order valence-corrected chi connectivity index (χ2v) is 8.21. The number of carbonyl (C=O) groups is 2. The highest BCUT2D eigenvalue weighted by molar-refractivity contribution is 7.03. The molecule has 0 bridgehead atoms. The summed E-state index contributed by atoms with van der Waals surface area (Å²) >= 11 is 1.07. The van der Waals surface area contributed by atoms with Crippen molar-refractivity contribution in [1.82, 2.24) is 14.9 Å². The van der Waals surface area contributed by atoms with E-state index >= 15 is 0 Å². The standard InChI is InChI=1S/C23H23FN4O2S/c24-17-13-11-16(12-14-17)21(22(29)25-18-7-3-1-4-8-18)28(19-9-5-2-6-10-19)23(30)20-15-31-27-26-20/h2,5-6,9-15,18,21H,1,3-4,7-8H2,(H,25,29)/t21-/m0/s1. The number of benzene rings is 2. The SMILES string of the molecule is O=C(NC1CCCCC1)[C@H](c1ccc(F)cc1)N(C(=O)c1csnn1)c1ccccc1. The van der Waals surface area contributed by atoms with Crippen LogP contribution in [0.15, 0.2) is 60.0 Å². The van der Waals surface area contributed by atoms with Crippen LogP contribution in [-0.4, -0.2) is 27.4 Å². The number of amides is 2. The highest BCUT2D eigenvalue weighted by Gasteiger charge is 2.35. The molecule has 1 aromatic heterocycles. The van der Waals surface area contributed by atoms with Crippen LogP contribution in [0.5, 0.6) is 0 Å². The number of nitrogens with zero attached hydrogens (tertiary/aromatic N) is 3. The Kier molecular flexibility index (Phi) is 6.66. The largest absolute Gasteiger partial charge is 0.351 e. The van der Waals surface area contributed by atoms with Crippen LogP contribution in [0.25, 0.3) is 0 Å². The molecule has 1 aliphatic rings. The Morgan fingerprint density at radius 1 is 1.03 bits per heavy atom. The average molecular weight is 439 g/mol. The third-order valence-corrected chi connectivity index (χ3v) is 5.98. The molecule has 1 atom stereocenters. The normalized spacial score (nSPS) is 15.3. The lowest BCUT2D eigenvalue weighted by atomic mass is 9.94. The highest BCUT2D eigenvalue weighted by Crippen LogP contribution is 2.30. The van der Waals surface area contributed by atoms with Gasteiger partial charge in [0.2, 0.25) is 5.91 Å². The zero-order valence-corrected chi connectivity index (χ0v) is 17.7. The minimum absolute atomic E-state index is 0.0675. The van der Waals surface area contributed by atoms with Crippen molar-refractivity contribution < 1.29 is 14.0 Å². The molecule has 1 saturated carbocycles. The van der Waals surface area contributed by atoms with Crippen LogP contribution in [0.2, 0.25) is 0 Å². The first kappa shape index (κ1) is 21.1. The summed E-state index contributed by atoms with van der Waals surface area (Å²) < 4.78 is 17.4. The highest BCUT2D eigenvalue weighted by atomic mass is 32.1. The molecule has 1 N–H and O–H groups in total. The van der Waals surface area contributed by atoms with E-state index in [4.69, 9.17) is 0 Å². The maximum Gasteiger partial charge on any atom is 0.280 e. The van der Waals surface area contributed by atoms with Crippen molar-refractivity contribution in [3.63, 3.8) is 0 Å². The summed E-state index contributed by atoms with van der Waals surface area (Å²) in [5.74, 6) is -1.14. The lowest BCUT2D eigenvalue weighted by Crippen LogP contribution is -2.47. The molecule has 2 aromatic carbocycles. The first-order valence-corrected chi connectivity index (χ1v) is 11.2. The quantitative estimate of drug-likeness (QED) is 0.614. The molecule has 0 aliphatic heterocycles. The van der Waals surface area contributed by atoms with Crippen molar-refractivity contribution in [2.24, 2.45) is 0 Å². The van der Waals surface area contributed by atoms with Gasteiger partial charge >= 0.3 is 0 Å². The molecule has 0 saturated heterocycles. The smallest absolute Gasteiger partial charge is 0.280 e. The maximum absolute atomic E-state index is 13.6. The van der Waals surface area contributed by atoms with E-state index in [9.17, 15) is 14.0 Å². The number of hydrogen-bond acceptors (Lipinski definition) is 5. The Hall–Kier alpha value is -3.13. The molecular formula is C23H23FN4O2S. The minimum Gasteiger partial charge on any atom is -0.351 e. The summed E-state index contributed by atoms with van der Waals surface area (Å²) in [5.41, 5.74) is 1.23. The van der Waals surface area contributed by atoms with Crippen molar-refractivity contribution in [3.8, 4) is 0 Å². The first-order valence-electron chi connectivity index (χ1n) is 10.3. The van der Waals surface area contributed by atoms with E-state index in [1.807, 2.05) is 6.07 Å². The molecule has 8 heteroatoms. The Balaban J connectivity index is 1.76. The maximum atomic E-state index is 13.6. The topological polar surface area (TPSA) is 75.2 Å². The lowest BCUT2D eigenvalue weighted by Gasteiger charge is -2.33. The fourth-order valence-corrected chi connectivity index (χ4v) is 4.37. The summed E-state index contributed by atoms with van der Waals surface area (Å²) in [6, 6.07) is 13.8. The fourth-order valence-electron chi connectivity index (χ4n) is 3.94. The molecule has 6 nitrogen and oxygen atoms in total. The van der Waals surface area contributed by atoms with Gasteiger partial charge in [-0.05, 0) is 54.2 Å². The number of hydrogen-bond donors (Lipinski definition) is 1. The molecule has 31 heavy (non-hydrogen) atoms. The first-order chi connectivity index (χ1) is 15.1. The Morgan fingerprint density at radius 3 is 2.39 bits per heavy atom. The monoisotopic (exact) mass is 438 g/mol. The second kappa shape index (κ2) is 9.78. The lowest BCUT2D eigenvalue weighted by molar-refractivity contribution is -0.123. The van der Waals surface area contributed by atoms with Gasteiger partial charge in [-0.25, -0.2) is 4.39 Å². The van der Waals surface area contributed by atoms with E-state index in [1.54, 1.807) is 41.8 Å². The molecule has 160 valence electrons. The summed E-state index contributed by atoms with van der Waals surface area (Å²) in [6.07, 6.45) is 5.13. The van der Waals surface area contributed by atoms with Crippen molar-refractivity contribution >= 4 is 29.0 Å². The summed E-state index contributed by atoms with van der Waals surface area (Å²) in [6.45, 7) is 0. The molecule has 0 radical (unpaired) electrons. The van der Waals surface area contributed by atoms with Gasteiger partial charge in [-0.3, -0.25) is 14.5 Å². The van der Waals surface area contributed by atoms with Gasteiger partial charge in [0.05, 0.1) is 0 Å². The molecule has 2 amide bonds. The van der Waals surface area contributed by atoms with E-state index in [2.05, 4.69) is 14.9 Å². The van der Waals surface area contributed by atoms with Crippen LogP contribution in [-0.2, 0) is 4.79 Å². The van der Waals surface area contributed by atoms with E-state index in [-0.39, 0.29) is 17.6 Å². The van der Waals surface area contributed by atoms with E-state index in [0.29, 0.717) is 11.3 Å². The summed E-state index contributed by atoms with van der Waals surface area (Å²) in [4.78, 5) is 28.4.